The average Bonchev–Trinajstić information content (AvgIpc) is 2.42. The normalized spacial score (nSPS) is 25.9. The molecule has 0 saturated carbocycles. The van der Waals surface area contributed by atoms with Gasteiger partial charge in [0.1, 0.15) is 0 Å². The largest absolute Gasteiger partial charge is 0.363 e. The lowest BCUT2D eigenvalue weighted by molar-refractivity contribution is -0.179. The van der Waals surface area contributed by atoms with E-state index in [-0.39, 0.29) is 5.78 Å². The molecular weight excluding hydrogens is 254 g/mol. The lowest BCUT2D eigenvalue weighted by Crippen LogP contribution is -2.50. The molecule has 1 N–H and O–H groups in total. The van der Waals surface area contributed by atoms with Crippen LogP contribution in [0, 0.1) is 0 Å². The number of rotatable bonds is 2. The minimum absolute atomic E-state index is 0.0757. The van der Waals surface area contributed by atoms with Crippen molar-refractivity contribution in [3.8, 4) is 0 Å². The summed E-state index contributed by atoms with van der Waals surface area (Å²) in [7, 11) is 0. The number of benzene rings is 1. The van der Waals surface area contributed by atoms with Crippen molar-refractivity contribution in [2.24, 2.45) is 0 Å². The molecule has 1 atom stereocenters. The highest BCUT2D eigenvalue weighted by Crippen LogP contribution is 2.33. The summed E-state index contributed by atoms with van der Waals surface area (Å²) in [6, 6.07) is 9.98. The topological polar surface area (TPSA) is 49.8 Å². The fourth-order valence-electron chi connectivity index (χ4n) is 2.61. The van der Waals surface area contributed by atoms with E-state index in [0.29, 0.717) is 31.0 Å². The van der Waals surface area contributed by atoms with Gasteiger partial charge in [-0.2, -0.15) is 0 Å². The standard InChI is InChI=1S/C16H17NO3/c1-12-10-16(19)15(9-14(12)18)17(7-8-20-16)11-13-5-3-2-4-6-13/h2-6,9-10,19H,7-8,11H2,1H3/t16-/m1/s1. The van der Waals surface area contributed by atoms with Crippen LogP contribution >= 0.6 is 0 Å². The van der Waals surface area contributed by atoms with Gasteiger partial charge in [0, 0.05) is 19.2 Å². The molecule has 104 valence electrons. The number of hydrogen-bond donors (Lipinski definition) is 1. The highest BCUT2D eigenvalue weighted by Gasteiger charge is 2.41. The van der Waals surface area contributed by atoms with Crippen molar-refractivity contribution in [2.75, 3.05) is 13.2 Å². The van der Waals surface area contributed by atoms with Crippen LogP contribution in [0.25, 0.3) is 0 Å². The van der Waals surface area contributed by atoms with Crippen molar-refractivity contribution in [1.82, 2.24) is 4.90 Å². The number of ketones is 1. The summed E-state index contributed by atoms with van der Waals surface area (Å²) in [5, 5.41) is 10.6. The second kappa shape index (κ2) is 4.89. The van der Waals surface area contributed by atoms with Gasteiger partial charge in [0.15, 0.2) is 5.78 Å². The van der Waals surface area contributed by atoms with Crippen molar-refractivity contribution in [3.63, 3.8) is 0 Å². The maximum Gasteiger partial charge on any atom is 0.228 e. The van der Waals surface area contributed by atoms with Gasteiger partial charge in [-0.15, -0.1) is 0 Å². The molecule has 2 aliphatic rings. The molecular formula is C16H17NO3. The molecule has 1 heterocycles. The average molecular weight is 271 g/mol. The first-order chi connectivity index (χ1) is 9.58. The number of fused-ring (bicyclic) bond motifs is 1. The Kier molecular flexibility index (Phi) is 3.20. The molecule has 0 unspecified atom stereocenters. The first kappa shape index (κ1) is 13.1. The molecule has 1 aromatic carbocycles. The molecule has 4 heteroatoms. The van der Waals surface area contributed by atoms with E-state index in [4.69, 9.17) is 4.74 Å². The fraction of sp³-hybridized carbons (Fsp3) is 0.312. The van der Waals surface area contributed by atoms with E-state index >= 15 is 0 Å². The van der Waals surface area contributed by atoms with Gasteiger partial charge in [-0.05, 0) is 24.1 Å². The molecule has 4 nitrogen and oxygen atoms in total. The Morgan fingerprint density at radius 2 is 2.10 bits per heavy atom. The molecule has 20 heavy (non-hydrogen) atoms. The molecule has 1 aliphatic carbocycles. The first-order valence-corrected chi connectivity index (χ1v) is 6.70. The van der Waals surface area contributed by atoms with Gasteiger partial charge in [0.25, 0.3) is 0 Å². The van der Waals surface area contributed by atoms with Crippen molar-refractivity contribution in [2.45, 2.75) is 19.3 Å². The molecule has 0 aromatic heterocycles. The lowest BCUT2D eigenvalue weighted by Gasteiger charge is -2.42. The Morgan fingerprint density at radius 3 is 2.85 bits per heavy atom. The van der Waals surface area contributed by atoms with Gasteiger partial charge in [-0.25, -0.2) is 0 Å². The third-order valence-corrected chi connectivity index (χ3v) is 3.68. The van der Waals surface area contributed by atoms with Crippen LogP contribution in [-0.4, -0.2) is 34.7 Å². The predicted octanol–water partition coefficient (Wildman–Crippen LogP) is 1.62. The Bertz CT molecular complexity index is 591. The first-order valence-electron chi connectivity index (χ1n) is 6.70. The van der Waals surface area contributed by atoms with Gasteiger partial charge in [-0.3, -0.25) is 4.79 Å². The number of hydrogen-bond acceptors (Lipinski definition) is 4. The summed E-state index contributed by atoms with van der Waals surface area (Å²) in [6.07, 6.45) is 2.99. The van der Waals surface area contributed by atoms with Crippen LogP contribution in [0.2, 0.25) is 0 Å². The number of ether oxygens (including phenoxy) is 1. The quantitative estimate of drug-likeness (QED) is 0.888. The number of carbonyl (C=O) groups is 1. The SMILES string of the molecule is CC1=C[C@@]2(O)OCCN(Cc3ccccc3)C2=CC1=O. The minimum atomic E-state index is -1.47. The number of nitrogens with zero attached hydrogens (tertiary/aromatic N) is 1. The van der Waals surface area contributed by atoms with E-state index < -0.39 is 5.79 Å². The van der Waals surface area contributed by atoms with Crippen LogP contribution in [0.5, 0.6) is 0 Å². The van der Waals surface area contributed by atoms with Crippen molar-refractivity contribution >= 4 is 5.78 Å². The zero-order chi connectivity index (χ0) is 14.2. The third-order valence-electron chi connectivity index (χ3n) is 3.68. The highest BCUT2D eigenvalue weighted by molar-refractivity contribution is 6.05. The lowest BCUT2D eigenvalue weighted by atomic mass is 9.96. The molecule has 0 amide bonds. The minimum Gasteiger partial charge on any atom is -0.363 e. The third kappa shape index (κ3) is 2.28. The van der Waals surface area contributed by atoms with Crippen LogP contribution in [0.3, 0.4) is 0 Å². The summed E-state index contributed by atoms with van der Waals surface area (Å²) >= 11 is 0. The molecule has 1 aromatic rings. The number of morpholine rings is 1. The Balaban J connectivity index is 1.90. The van der Waals surface area contributed by atoms with Crippen LogP contribution < -0.4 is 0 Å². The smallest absolute Gasteiger partial charge is 0.228 e. The number of carbonyl (C=O) groups excluding carboxylic acids is 1. The highest BCUT2D eigenvalue weighted by atomic mass is 16.6. The molecule has 1 fully saturated rings. The summed E-state index contributed by atoms with van der Waals surface area (Å²) in [4.78, 5) is 13.9. The summed E-state index contributed by atoms with van der Waals surface area (Å²) in [6.45, 7) is 3.42. The Labute approximate surface area is 118 Å². The number of aliphatic hydroxyl groups is 1. The Hall–Kier alpha value is -1.91. The predicted molar refractivity (Wildman–Crippen MR) is 74.6 cm³/mol. The maximum absolute atomic E-state index is 11.9. The second-order valence-electron chi connectivity index (χ2n) is 5.17. The van der Waals surface area contributed by atoms with Crippen LogP contribution in [0.4, 0.5) is 0 Å². The van der Waals surface area contributed by atoms with E-state index in [1.54, 1.807) is 6.92 Å². The van der Waals surface area contributed by atoms with Crippen LogP contribution in [0.1, 0.15) is 12.5 Å². The van der Waals surface area contributed by atoms with Gasteiger partial charge in [0.2, 0.25) is 5.79 Å². The van der Waals surface area contributed by atoms with Crippen LogP contribution in [0.15, 0.2) is 53.8 Å². The van der Waals surface area contributed by atoms with Crippen molar-refractivity contribution in [3.05, 3.63) is 59.3 Å². The molecule has 1 saturated heterocycles. The van der Waals surface area contributed by atoms with E-state index in [0.717, 1.165) is 5.56 Å². The van der Waals surface area contributed by atoms with Crippen molar-refractivity contribution in [1.29, 1.82) is 0 Å². The van der Waals surface area contributed by atoms with Crippen molar-refractivity contribution < 1.29 is 14.6 Å². The van der Waals surface area contributed by atoms with E-state index in [1.807, 2.05) is 35.2 Å². The van der Waals surface area contributed by atoms with Gasteiger partial charge in [0.05, 0.1) is 12.3 Å². The molecule has 1 aliphatic heterocycles. The zero-order valence-electron chi connectivity index (χ0n) is 11.4. The number of allylic oxidation sites excluding steroid dienone is 2. The van der Waals surface area contributed by atoms with E-state index in [2.05, 4.69) is 0 Å². The van der Waals surface area contributed by atoms with Crippen LogP contribution in [-0.2, 0) is 16.1 Å². The summed E-state index contributed by atoms with van der Waals surface area (Å²) < 4.78 is 5.47. The van der Waals surface area contributed by atoms with Gasteiger partial charge < -0.3 is 14.7 Å². The molecule has 3 rings (SSSR count). The van der Waals surface area contributed by atoms with E-state index in [9.17, 15) is 9.90 Å². The summed E-state index contributed by atoms with van der Waals surface area (Å²) in [5.74, 6) is -1.54. The Morgan fingerprint density at radius 1 is 1.35 bits per heavy atom. The maximum atomic E-state index is 11.9. The molecule has 0 bridgehead atoms. The van der Waals surface area contributed by atoms with Gasteiger partial charge in [-0.1, -0.05) is 30.3 Å². The monoisotopic (exact) mass is 271 g/mol. The molecule has 0 radical (unpaired) electrons. The summed E-state index contributed by atoms with van der Waals surface area (Å²) in [5.41, 5.74) is 2.18. The zero-order valence-corrected chi connectivity index (χ0v) is 11.4. The second-order valence-corrected chi connectivity index (χ2v) is 5.17. The van der Waals surface area contributed by atoms with Gasteiger partial charge >= 0.3 is 0 Å². The van der Waals surface area contributed by atoms with E-state index in [1.165, 1.54) is 12.2 Å². The fourth-order valence-corrected chi connectivity index (χ4v) is 2.61. The molecule has 0 spiro atoms.